The molecular formula is C15H14ClO2P. The molecule has 1 unspecified atom stereocenters. The van der Waals surface area contributed by atoms with E-state index in [0.29, 0.717) is 19.2 Å². The maximum absolute atomic E-state index is 10.9. The molecule has 0 aliphatic heterocycles. The summed E-state index contributed by atoms with van der Waals surface area (Å²) in [6.45, 7) is 1.90. The Morgan fingerprint density at radius 1 is 1.16 bits per heavy atom. The van der Waals surface area contributed by atoms with Crippen molar-refractivity contribution in [1.82, 2.24) is 0 Å². The van der Waals surface area contributed by atoms with Crippen LogP contribution in [0.4, 0.5) is 0 Å². The van der Waals surface area contributed by atoms with Gasteiger partial charge in [-0.1, -0.05) is 38.4 Å². The summed E-state index contributed by atoms with van der Waals surface area (Å²) in [7, 11) is 2.16. The van der Waals surface area contributed by atoms with E-state index in [9.17, 15) is 4.79 Å². The molecule has 0 radical (unpaired) electrons. The first-order valence-corrected chi connectivity index (χ1v) is 7.18. The molecular weight excluding hydrogens is 279 g/mol. The highest BCUT2D eigenvalue weighted by Gasteiger charge is 2.06. The molecule has 4 heteroatoms. The SMILES string of the molecule is COc1ccc(Pc2cc(C)c(C=O)c(Cl)c2)cc1. The van der Waals surface area contributed by atoms with Gasteiger partial charge in [-0.3, -0.25) is 4.79 Å². The molecule has 0 N–H and O–H groups in total. The molecule has 0 saturated carbocycles. The quantitative estimate of drug-likeness (QED) is 0.639. The number of halogens is 1. The van der Waals surface area contributed by atoms with E-state index in [4.69, 9.17) is 16.3 Å². The van der Waals surface area contributed by atoms with E-state index in [1.807, 2.05) is 43.3 Å². The third-order valence-electron chi connectivity index (χ3n) is 2.83. The molecule has 2 aromatic carbocycles. The van der Waals surface area contributed by atoms with Crippen molar-refractivity contribution in [3.05, 3.63) is 52.5 Å². The van der Waals surface area contributed by atoms with Crippen molar-refractivity contribution in [2.75, 3.05) is 7.11 Å². The number of aryl methyl sites for hydroxylation is 1. The Hall–Kier alpha value is -1.37. The average Bonchev–Trinajstić information content (AvgIpc) is 2.39. The molecule has 2 aromatic rings. The predicted molar refractivity (Wildman–Crippen MR) is 82.2 cm³/mol. The van der Waals surface area contributed by atoms with Crippen molar-refractivity contribution in [2.45, 2.75) is 6.92 Å². The highest BCUT2D eigenvalue weighted by Crippen LogP contribution is 2.21. The van der Waals surface area contributed by atoms with Gasteiger partial charge in [-0.05, 0) is 41.3 Å². The van der Waals surface area contributed by atoms with E-state index in [0.717, 1.165) is 22.9 Å². The van der Waals surface area contributed by atoms with Crippen molar-refractivity contribution in [3.63, 3.8) is 0 Å². The van der Waals surface area contributed by atoms with Gasteiger partial charge in [-0.2, -0.15) is 0 Å². The molecule has 0 heterocycles. The van der Waals surface area contributed by atoms with Crippen LogP contribution >= 0.6 is 20.2 Å². The molecule has 0 bridgehead atoms. The minimum atomic E-state index is 0.509. The number of hydrogen-bond acceptors (Lipinski definition) is 2. The summed E-state index contributed by atoms with van der Waals surface area (Å²) in [5.41, 5.74) is 1.49. The number of benzene rings is 2. The molecule has 1 atom stereocenters. The molecule has 0 fully saturated rings. The Bertz CT molecular complexity index is 571. The third-order valence-corrected chi connectivity index (χ3v) is 4.34. The molecule has 0 amide bonds. The number of aldehydes is 1. The minimum absolute atomic E-state index is 0.509. The minimum Gasteiger partial charge on any atom is -0.497 e. The van der Waals surface area contributed by atoms with Crippen molar-refractivity contribution >= 4 is 37.1 Å². The van der Waals surface area contributed by atoms with Crippen LogP contribution in [0.1, 0.15) is 15.9 Å². The monoisotopic (exact) mass is 292 g/mol. The molecule has 0 spiro atoms. The van der Waals surface area contributed by atoms with Gasteiger partial charge in [-0.15, -0.1) is 0 Å². The molecule has 0 aromatic heterocycles. The Kier molecular flexibility index (Phi) is 4.57. The largest absolute Gasteiger partial charge is 0.497 e. The predicted octanol–water partition coefficient (Wildman–Crippen LogP) is 3.10. The van der Waals surface area contributed by atoms with Crippen molar-refractivity contribution in [1.29, 1.82) is 0 Å². The van der Waals surface area contributed by atoms with Crippen LogP contribution in [-0.4, -0.2) is 13.4 Å². The Balaban J connectivity index is 2.25. The van der Waals surface area contributed by atoms with Crippen LogP contribution in [0.2, 0.25) is 5.02 Å². The lowest BCUT2D eigenvalue weighted by atomic mass is 10.1. The fourth-order valence-corrected chi connectivity index (χ4v) is 3.39. The lowest BCUT2D eigenvalue weighted by Crippen LogP contribution is -2.05. The number of carbonyl (C=O) groups is 1. The average molecular weight is 293 g/mol. The molecule has 98 valence electrons. The molecule has 2 nitrogen and oxygen atoms in total. The lowest BCUT2D eigenvalue weighted by molar-refractivity contribution is 0.112. The molecule has 0 aliphatic carbocycles. The van der Waals surface area contributed by atoms with E-state index in [1.54, 1.807) is 7.11 Å². The number of ether oxygens (including phenoxy) is 1. The van der Waals surface area contributed by atoms with Gasteiger partial charge in [-0.25, -0.2) is 0 Å². The van der Waals surface area contributed by atoms with Gasteiger partial charge < -0.3 is 4.74 Å². The van der Waals surface area contributed by atoms with Gasteiger partial charge in [0, 0.05) is 5.56 Å². The fraction of sp³-hybridized carbons (Fsp3) is 0.133. The molecule has 2 rings (SSSR count). The van der Waals surface area contributed by atoms with Crippen LogP contribution in [0, 0.1) is 6.92 Å². The fourth-order valence-electron chi connectivity index (χ4n) is 1.82. The van der Waals surface area contributed by atoms with Gasteiger partial charge in [0.15, 0.2) is 6.29 Å². The number of carbonyl (C=O) groups excluding carboxylic acids is 1. The Labute approximate surface area is 119 Å². The number of rotatable bonds is 4. The van der Waals surface area contributed by atoms with Crippen LogP contribution in [0.5, 0.6) is 5.75 Å². The normalized spacial score (nSPS) is 10.9. The Morgan fingerprint density at radius 3 is 2.37 bits per heavy atom. The molecule has 19 heavy (non-hydrogen) atoms. The molecule has 0 saturated heterocycles. The lowest BCUT2D eigenvalue weighted by Gasteiger charge is -2.08. The van der Waals surface area contributed by atoms with Crippen molar-refractivity contribution in [3.8, 4) is 5.75 Å². The van der Waals surface area contributed by atoms with Crippen LogP contribution < -0.4 is 15.3 Å². The van der Waals surface area contributed by atoms with E-state index in [2.05, 4.69) is 0 Å². The first-order valence-electron chi connectivity index (χ1n) is 5.80. The van der Waals surface area contributed by atoms with Gasteiger partial charge in [0.25, 0.3) is 0 Å². The highest BCUT2D eigenvalue weighted by molar-refractivity contribution is 7.55. The number of methoxy groups -OCH3 is 1. The summed E-state index contributed by atoms with van der Waals surface area (Å²) in [5, 5.41) is 2.85. The van der Waals surface area contributed by atoms with E-state index in [-0.39, 0.29) is 0 Å². The van der Waals surface area contributed by atoms with E-state index in [1.165, 1.54) is 5.30 Å². The third kappa shape index (κ3) is 3.34. The maximum atomic E-state index is 10.9. The molecule has 0 aliphatic rings. The summed E-state index contributed by atoms with van der Waals surface area (Å²) in [4.78, 5) is 10.9. The second-order valence-corrected chi connectivity index (χ2v) is 5.97. The summed E-state index contributed by atoms with van der Waals surface area (Å²) >= 11 is 6.10. The van der Waals surface area contributed by atoms with Gasteiger partial charge in [0.1, 0.15) is 5.75 Å². The second kappa shape index (κ2) is 6.18. The van der Waals surface area contributed by atoms with Gasteiger partial charge >= 0.3 is 0 Å². The van der Waals surface area contributed by atoms with E-state index >= 15 is 0 Å². The van der Waals surface area contributed by atoms with Crippen LogP contribution in [0.25, 0.3) is 0 Å². The summed E-state index contributed by atoms with van der Waals surface area (Å²) < 4.78 is 5.13. The maximum Gasteiger partial charge on any atom is 0.151 e. The first-order chi connectivity index (χ1) is 9.13. The zero-order valence-electron chi connectivity index (χ0n) is 10.7. The van der Waals surface area contributed by atoms with Gasteiger partial charge in [0.2, 0.25) is 0 Å². The smallest absolute Gasteiger partial charge is 0.151 e. The summed E-state index contributed by atoms with van der Waals surface area (Å²) in [6.07, 6.45) is 0.804. The van der Waals surface area contributed by atoms with Crippen molar-refractivity contribution in [2.24, 2.45) is 0 Å². The zero-order valence-corrected chi connectivity index (χ0v) is 12.5. The summed E-state index contributed by atoms with van der Waals surface area (Å²) in [6, 6.07) is 11.8. The second-order valence-electron chi connectivity index (χ2n) is 4.16. The zero-order chi connectivity index (χ0) is 13.8. The van der Waals surface area contributed by atoms with Crippen LogP contribution in [0.15, 0.2) is 36.4 Å². The topological polar surface area (TPSA) is 26.3 Å². The number of hydrogen-bond donors (Lipinski definition) is 0. The Morgan fingerprint density at radius 2 is 1.84 bits per heavy atom. The standard InChI is InChI=1S/C15H14ClO2P/c1-10-7-13(8-15(16)14(10)9-17)19-12-5-3-11(18-2)4-6-12/h3-9,19H,1-2H3. The summed E-state index contributed by atoms with van der Waals surface area (Å²) in [5.74, 6) is 0.846. The highest BCUT2D eigenvalue weighted by atomic mass is 35.5. The first kappa shape index (κ1) is 14.0. The van der Waals surface area contributed by atoms with Crippen LogP contribution in [-0.2, 0) is 0 Å². The van der Waals surface area contributed by atoms with Crippen LogP contribution in [0.3, 0.4) is 0 Å². The van der Waals surface area contributed by atoms with Crippen molar-refractivity contribution < 1.29 is 9.53 Å². The van der Waals surface area contributed by atoms with Gasteiger partial charge in [0.05, 0.1) is 12.1 Å². The van der Waals surface area contributed by atoms with E-state index < -0.39 is 0 Å².